The minimum absolute atomic E-state index is 0.0711. The van der Waals surface area contributed by atoms with Crippen LogP contribution in [0.3, 0.4) is 0 Å². The maximum Gasteiger partial charge on any atom is 0.312 e. The standard InChI is InChI=1S/C17H28O4/c1-13(2,3)14(4,5)12(18)21-16-7-11-6-15(19,8-16)9-17(11,20)10-16/h11,19-20H,6-10H2,1-5H3. The van der Waals surface area contributed by atoms with Gasteiger partial charge in [0.1, 0.15) is 5.60 Å². The molecule has 4 saturated carbocycles. The van der Waals surface area contributed by atoms with Crippen LogP contribution in [0.5, 0.6) is 0 Å². The molecular formula is C17H28O4. The fraction of sp³-hybridized carbons (Fsp3) is 0.941. The van der Waals surface area contributed by atoms with E-state index in [9.17, 15) is 15.0 Å². The number of hydrogen-bond acceptors (Lipinski definition) is 4. The zero-order valence-electron chi connectivity index (χ0n) is 13.8. The zero-order chi connectivity index (χ0) is 15.9. The summed E-state index contributed by atoms with van der Waals surface area (Å²) in [7, 11) is 0. The molecule has 0 heterocycles. The Balaban J connectivity index is 1.82. The summed E-state index contributed by atoms with van der Waals surface area (Å²) >= 11 is 0. The molecule has 0 aliphatic heterocycles. The van der Waals surface area contributed by atoms with Crippen molar-refractivity contribution in [2.24, 2.45) is 16.7 Å². The molecule has 0 amide bonds. The lowest BCUT2D eigenvalue weighted by atomic mass is 9.69. The van der Waals surface area contributed by atoms with Crippen LogP contribution in [0, 0.1) is 16.7 Å². The molecule has 21 heavy (non-hydrogen) atoms. The number of hydrogen-bond donors (Lipinski definition) is 2. The second kappa shape index (κ2) is 3.83. The first-order valence-corrected chi connectivity index (χ1v) is 7.99. The topological polar surface area (TPSA) is 66.8 Å². The van der Waals surface area contributed by atoms with Gasteiger partial charge in [-0.2, -0.15) is 0 Å². The molecule has 4 fully saturated rings. The lowest BCUT2D eigenvalue weighted by molar-refractivity contribution is -0.193. The Bertz CT molecular complexity index is 488. The Morgan fingerprint density at radius 1 is 1.05 bits per heavy atom. The lowest BCUT2D eigenvalue weighted by Gasteiger charge is -2.46. The van der Waals surface area contributed by atoms with E-state index in [-0.39, 0.29) is 17.3 Å². The van der Waals surface area contributed by atoms with Crippen LogP contribution < -0.4 is 0 Å². The molecule has 4 aliphatic carbocycles. The molecule has 0 radical (unpaired) electrons. The van der Waals surface area contributed by atoms with Gasteiger partial charge in [0.2, 0.25) is 0 Å². The van der Waals surface area contributed by atoms with Crippen LogP contribution in [0.1, 0.15) is 66.7 Å². The molecule has 4 bridgehead atoms. The lowest BCUT2D eigenvalue weighted by Crippen LogP contribution is -2.52. The fourth-order valence-electron chi connectivity index (χ4n) is 4.60. The van der Waals surface area contributed by atoms with E-state index in [2.05, 4.69) is 0 Å². The van der Waals surface area contributed by atoms with Crippen molar-refractivity contribution >= 4 is 5.97 Å². The van der Waals surface area contributed by atoms with Gasteiger partial charge in [-0.3, -0.25) is 4.79 Å². The summed E-state index contributed by atoms with van der Waals surface area (Å²) in [6.45, 7) is 9.91. The normalized spacial score (nSPS) is 45.2. The van der Waals surface area contributed by atoms with Crippen molar-refractivity contribution < 1.29 is 19.7 Å². The van der Waals surface area contributed by atoms with Crippen molar-refractivity contribution in [1.29, 1.82) is 0 Å². The van der Waals surface area contributed by atoms with Crippen LogP contribution >= 0.6 is 0 Å². The molecule has 4 rings (SSSR count). The highest BCUT2D eigenvalue weighted by molar-refractivity contribution is 5.77. The summed E-state index contributed by atoms with van der Waals surface area (Å²) in [6, 6.07) is 0. The van der Waals surface area contributed by atoms with E-state index in [4.69, 9.17) is 4.74 Å². The van der Waals surface area contributed by atoms with E-state index in [1.807, 2.05) is 34.6 Å². The molecule has 0 spiro atoms. The van der Waals surface area contributed by atoms with Gasteiger partial charge in [0.15, 0.2) is 0 Å². The van der Waals surface area contributed by atoms with Crippen molar-refractivity contribution in [3.63, 3.8) is 0 Å². The highest BCUT2D eigenvalue weighted by Gasteiger charge is 2.70. The van der Waals surface area contributed by atoms with Gasteiger partial charge >= 0.3 is 5.97 Å². The predicted molar refractivity (Wildman–Crippen MR) is 78.5 cm³/mol. The third-order valence-corrected chi connectivity index (χ3v) is 6.61. The van der Waals surface area contributed by atoms with Gasteiger partial charge in [0.05, 0.1) is 16.6 Å². The molecule has 4 atom stereocenters. The molecular weight excluding hydrogens is 268 g/mol. The van der Waals surface area contributed by atoms with E-state index >= 15 is 0 Å². The second-order valence-corrected chi connectivity index (χ2v) is 9.41. The largest absolute Gasteiger partial charge is 0.458 e. The predicted octanol–water partition coefficient (Wildman–Crippen LogP) is 2.41. The SMILES string of the molecule is CC(C)(C)C(C)(C)C(=O)OC12CC3CC(O)(C1)CC3(O)C2. The van der Waals surface area contributed by atoms with Crippen LogP contribution in [0.15, 0.2) is 0 Å². The van der Waals surface area contributed by atoms with Crippen molar-refractivity contribution in [2.45, 2.75) is 83.5 Å². The highest BCUT2D eigenvalue weighted by Crippen LogP contribution is 2.65. The number of ether oxygens (including phenoxy) is 1. The minimum Gasteiger partial charge on any atom is -0.458 e. The van der Waals surface area contributed by atoms with Crippen LogP contribution in [0.2, 0.25) is 0 Å². The molecule has 0 aromatic heterocycles. The Morgan fingerprint density at radius 3 is 2.14 bits per heavy atom. The smallest absolute Gasteiger partial charge is 0.312 e. The van der Waals surface area contributed by atoms with E-state index in [1.54, 1.807) is 0 Å². The van der Waals surface area contributed by atoms with Gasteiger partial charge < -0.3 is 14.9 Å². The molecule has 2 N–H and O–H groups in total. The van der Waals surface area contributed by atoms with Crippen LogP contribution in [-0.2, 0) is 9.53 Å². The molecule has 4 heteroatoms. The molecule has 4 aliphatic rings. The summed E-state index contributed by atoms with van der Waals surface area (Å²) in [4.78, 5) is 12.7. The van der Waals surface area contributed by atoms with Crippen molar-refractivity contribution in [3.05, 3.63) is 0 Å². The molecule has 4 unspecified atom stereocenters. The Morgan fingerprint density at radius 2 is 1.67 bits per heavy atom. The first-order valence-electron chi connectivity index (χ1n) is 7.99. The van der Waals surface area contributed by atoms with E-state index in [0.717, 1.165) is 0 Å². The highest BCUT2D eigenvalue weighted by atomic mass is 16.6. The number of rotatable bonds is 2. The maximum absolute atomic E-state index is 12.7. The Kier molecular flexibility index (Phi) is 2.79. The van der Waals surface area contributed by atoms with Crippen molar-refractivity contribution in [2.75, 3.05) is 0 Å². The van der Waals surface area contributed by atoms with Crippen LogP contribution in [0.4, 0.5) is 0 Å². The van der Waals surface area contributed by atoms with Gasteiger partial charge in [-0.05, 0) is 38.0 Å². The van der Waals surface area contributed by atoms with Crippen LogP contribution in [0.25, 0.3) is 0 Å². The fourth-order valence-corrected chi connectivity index (χ4v) is 4.60. The van der Waals surface area contributed by atoms with Gasteiger partial charge in [0, 0.05) is 19.3 Å². The zero-order valence-corrected chi connectivity index (χ0v) is 13.8. The average Bonchev–Trinajstić information content (AvgIpc) is 2.53. The van der Waals surface area contributed by atoms with Crippen LogP contribution in [-0.4, -0.2) is 33.0 Å². The van der Waals surface area contributed by atoms with Gasteiger partial charge in [0.25, 0.3) is 0 Å². The van der Waals surface area contributed by atoms with Gasteiger partial charge in [-0.25, -0.2) is 0 Å². The molecule has 120 valence electrons. The Labute approximate surface area is 126 Å². The van der Waals surface area contributed by atoms with E-state index < -0.39 is 22.2 Å². The van der Waals surface area contributed by atoms with Crippen molar-refractivity contribution in [3.8, 4) is 0 Å². The number of aliphatic hydroxyl groups is 2. The average molecular weight is 296 g/mol. The molecule has 0 aromatic carbocycles. The summed E-state index contributed by atoms with van der Waals surface area (Å²) in [6.07, 6.45) is 2.74. The Hall–Kier alpha value is -0.610. The van der Waals surface area contributed by atoms with Gasteiger partial charge in [-0.1, -0.05) is 20.8 Å². The van der Waals surface area contributed by atoms with E-state index in [0.29, 0.717) is 32.1 Å². The molecule has 0 saturated heterocycles. The first kappa shape index (κ1) is 15.3. The second-order valence-electron chi connectivity index (χ2n) is 9.41. The number of carbonyl (C=O) groups is 1. The third-order valence-electron chi connectivity index (χ3n) is 6.61. The number of esters is 1. The summed E-state index contributed by atoms with van der Waals surface area (Å²) in [5, 5.41) is 21.3. The summed E-state index contributed by atoms with van der Waals surface area (Å²) in [5.41, 5.74) is -3.15. The van der Waals surface area contributed by atoms with Crippen molar-refractivity contribution in [1.82, 2.24) is 0 Å². The summed E-state index contributed by atoms with van der Waals surface area (Å²) in [5.74, 6) is -0.147. The summed E-state index contributed by atoms with van der Waals surface area (Å²) < 4.78 is 5.93. The maximum atomic E-state index is 12.7. The third kappa shape index (κ3) is 2.06. The monoisotopic (exact) mass is 296 g/mol. The molecule has 0 aromatic rings. The minimum atomic E-state index is -0.845. The van der Waals surface area contributed by atoms with Gasteiger partial charge in [-0.15, -0.1) is 0 Å². The first-order chi connectivity index (χ1) is 9.31. The van der Waals surface area contributed by atoms with E-state index in [1.165, 1.54) is 0 Å². The number of carbonyl (C=O) groups excluding carboxylic acids is 1. The quantitative estimate of drug-likeness (QED) is 0.768. The molecule has 4 nitrogen and oxygen atoms in total.